The Morgan fingerprint density at radius 3 is 2.83 bits per heavy atom. The van der Waals surface area contributed by atoms with E-state index < -0.39 is 10.8 Å². The standard InChI is InChI=1S/C15H15N5O3/c1-9(11-3-2-4-12(7-11)20(22)23)16-19-15(21)14-8-13(17-18-14)10-5-6-10/h2-4,7-8,10,16H,1,5-6H2,(H,17,18)(H,19,21). The molecule has 1 amide bonds. The van der Waals surface area contributed by atoms with Crippen molar-refractivity contribution < 1.29 is 9.72 Å². The molecule has 2 aromatic rings. The van der Waals surface area contributed by atoms with E-state index in [-0.39, 0.29) is 11.4 Å². The van der Waals surface area contributed by atoms with Gasteiger partial charge in [-0.1, -0.05) is 18.7 Å². The van der Waals surface area contributed by atoms with Crippen molar-refractivity contribution in [2.24, 2.45) is 0 Å². The molecule has 0 spiro atoms. The van der Waals surface area contributed by atoms with Crippen molar-refractivity contribution in [2.45, 2.75) is 18.8 Å². The van der Waals surface area contributed by atoms with Crippen LogP contribution in [-0.4, -0.2) is 21.0 Å². The summed E-state index contributed by atoms with van der Waals surface area (Å²) in [6.07, 6.45) is 2.23. The Morgan fingerprint density at radius 2 is 2.13 bits per heavy atom. The molecule has 1 fully saturated rings. The summed E-state index contributed by atoms with van der Waals surface area (Å²) in [5.74, 6) is 0.0802. The highest BCUT2D eigenvalue weighted by Gasteiger charge is 2.26. The quantitative estimate of drug-likeness (QED) is 0.558. The number of aromatic amines is 1. The number of nitro benzene ring substituents is 1. The molecule has 1 aromatic heterocycles. The summed E-state index contributed by atoms with van der Waals surface area (Å²) in [4.78, 5) is 22.3. The minimum absolute atomic E-state index is 0.0434. The number of hydrogen-bond donors (Lipinski definition) is 3. The fraction of sp³-hybridized carbons (Fsp3) is 0.200. The number of carbonyl (C=O) groups excluding carboxylic acids is 1. The van der Waals surface area contributed by atoms with Gasteiger partial charge in [0.1, 0.15) is 0 Å². The Kier molecular flexibility index (Phi) is 3.80. The predicted molar refractivity (Wildman–Crippen MR) is 83.3 cm³/mol. The molecule has 1 heterocycles. The van der Waals surface area contributed by atoms with Gasteiger partial charge in [0.25, 0.3) is 11.6 Å². The maximum Gasteiger partial charge on any atom is 0.290 e. The van der Waals surface area contributed by atoms with Crippen LogP contribution in [-0.2, 0) is 0 Å². The highest BCUT2D eigenvalue weighted by atomic mass is 16.6. The second-order valence-corrected chi connectivity index (χ2v) is 5.35. The van der Waals surface area contributed by atoms with E-state index in [0.29, 0.717) is 17.2 Å². The number of carbonyl (C=O) groups is 1. The van der Waals surface area contributed by atoms with Gasteiger partial charge in [0.2, 0.25) is 0 Å². The van der Waals surface area contributed by atoms with Gasteiger partial charge in [0.05, 0.1) is 10.6 Å². The summed E-state index contributed by atoms with van der Waals surface area (Å²) in [6.45, 7) is 3.76. The van der Waals surface area contributed by atoms with Crippen LogP contribution in [0.3, 0.4) is 0 Å². The van der Waals surface area contributed by atoms with Gasteiger partial charge in [-0.15, -0.1) is 0 Å². The average Bonchev–Trinajstić information content (AvgIpc) is 3.29. The van der Waals surface area contributed by atoms with Gasteiger partial charge in [0.15, 0.2) is 5.69 Å². The third-order valence-electron chi connectivity index (χ3n) is 3.58. The van der Waals surface area contributed by atoms with E-state index in [1.807, 2.05) is 0 Å². The zero-order valence-electron chi connectivity index (χ0n) is 12.2. The lowest BCUT2D eigenvalue weighted by Gasteiger charge is -2.10. The van der Waals surface area contributed by atoms with Gasteiger partial charge in [-0.2, -0.15) is 5.10 Å². The third kappa shape index (κ3) is 3.37. The molecule has 8 nitrogen and oxygen atoms in total. The zero-order valence-corrected chi connectivity index (χ0v) is 12.2. The van der Waals surface area contributed by atoms with Crippen molar-refractivity contribution in [3.8, 4) is 0 Å². The summed E-state index contributed by atoms with van der Waals surface area (Å²) >= 11 is 0. The Balaban J connectivity index is 1.60. The Morgan fingerprint density at radius 1 is 1.35 bits per heavy atom. The van der Waals surface area contributed by atoms with Crippen LogP contribution in [0.4, 0.5) is 5.69 Å². The zero-order chi connectivity index (χ0) is 16.4. The maximum atomic E-state index is 12.0. The minimum Gasteiger partial charge on any atom is -0.298 e. The number of hydrogen-bond acceptors (Lipinski definition) is 5. The van der Waals surface area contributed by atoms with Crippen LogP contribution in [0.1, 0.15) is 40.5 Å². The molecule has 8 heteroatoms. The summed E-state index contributed by atoms with van der Waals surface area (Å²) in [5.41, 5.74) is 7.19. The highest BCUT2D eigenvalue weighted by molar-refractivity contribution is 5.92. The van der Waals surface area contributed by atoms with Crippen LogP contribution in [0.15, 0.2) is 36.9 Å². The topological polar surface area (TPSA) is 113 Å². The molecule has 0 unspecified atom stereocenters. The third-order valence-corrected chi connectivity index (χ3v) is 3.58. The average molecular weight is 313 g/mol. The van der Waals surface area contributed by atoms with Crippen molar-refractivity contribution in [2.75, 3.05) is 0 Å². The summed E-state index contributed by atoms with van der Waals surface area (Å²) < 4.78 is 0. The van der Waals surface area contributed by atoms with E-state index in [4.69, 9.17) is 0 Å². The first-order chi connectivity index (χ1) is 11.0. The first kappa shape index (κ1) is 14.8. The summed E-state index contributed by atoms with van der Waals surface area (Å²) in [7, 11) is 0. The lowest BCUT2D eigenvalue weighted by molar-refractivity contribution is -0.384. The van der Waals surface area contributed by atoms with Crippen molar-refractivity contribution >= 4 is 17.3 Å². The van der Waals surface area contributed by atoms with Gasteiger partial charge < -0.3 is 0 Å². The van der Waals surface area contributed by atoms with E-state index in [1.54, 1.807) is 18.2 Å². The molecule has 0 atom stereocenters. The molecule has 1 saturated carbocycles. The lowest BCUT2D eigenvalue weighted by Crippen LogP contribution is -2.36. The summed E-state index contributed by atoms with van der Waals surface area (Å²) in [6, 6.07) is 7.70. The van der Waals surface area contributed by atoms with Crippen molar-refractivity contribution in [1.29, 1.82) is 0 Å². The lowest BCUT2D eigenvalue weighted by atomic mass is 10.1. The van der Waals surface area contributed by atoms with Crippen LogP contribution >= 0.6 is 0 Å². The van der Waals surface area contributed by atoms with E-state index in [0.717, 1.165) is 18.5 Å². The van der Waals surface area contributed by atoms with Crippen LogP contribution in [0, 0.1) is 10.1 Å². The number of nitrogens with one attached hydrogen (secondary N) is 3. The van der Waals surface area contributed by atoms with Gasteiger partial charge >= 0.3 is 0 Å². The van der Waals surface area contributed by atoms with E-state index in [2.05, 4.69) is 27.6 Å². The fourth-order valence-corrected chi connectivity index (χ4v) is 2.13. The second kappa shape index (κ2) is 5.91. The fourth-order valence-electron chi connectivity index (χ4n) is 2.13. The van der Waals surface area contributed by atoms with Crippen LogP contribution in [0.25, 0.3) is 5.70 Å². The molecular formula is C15H15N5O3. The number of non-ortho nitro benzene ring substituents is 1. The van der Waals surface area contributed by atoms with Crippen molar-refractivity contribution in [3.05, 3.63) is 64.0 Å². The molecule has 1 aliphatic rings. The molecule has 3 N–H and O–H groups in total. The van der Waals surface area contributed by atoms with Crippen LogP contribution < -0.4 is 10.9 Å². The smallest absolute Gasteiger partial charge is 0.290 e. The second-order valence-electron chi connectivity index (χ2n) is 5.35. The first-order valence-electron chi connectivity index (χ1n) is 7.10. The normalized spacial score (nSPS) is 13.4. The Hall–Kier alpha value is -3.16. The van der Waals surface area contributed by atoms with Crippen molar-refractivity contribution in [3.63, 3.8) is 0 Å². The SMILES string of the molecule is C=C(NNC(=O)c1cc(C2CC2)[nH]n1)c1cccc([N+](=O)[O-])c1. The molecule has 1 aliphatic carbocycles. The first-order valence-corrected chi connectivity index (χ1v) is 7.10. The van der Waals surface area contributed by atoms with Crippen LogP contribution in [0.5, 0.6) is 0 Å². The molecule has 0 radical (unpaired) electrons. The Labute approximate surface area is 131 Å². The van der Waals surface area contributed by atoms with E-state index in [9.17, 15) is 14.9 Å². The summed E-state index contributed by atoms with van der Waals surface area (Å²) in [5, 5.41) is 17.6. The van der Waals surface area contributed by atoms with Crippen molar-refractivity contribution in [1.82, 2.24) is 21.0 Å². The number of hydrazine groups is 1. The molecule has 0 aliphatic heterocycles. The van der Waals surface area contributed by atoms with E-state index >= 15 is 0 Å². The number of amides is 1. The molecule has 3 rings (SSSR count). The number of rotatable bonds is 6. The van der Waals surface area contributed by atoms with Gasteiger partial charge in [-0.25, -0.2) is 0 Å². The van der Waals surface area contributed by atoms with Gasteiger partial charge in [0, 0.05) is 29.3 Å². The van der Waals surface area contributed by atoms with Gasteiger partial charge in [-0.05, 0) is 18.9 Å². The number of nitrogens with zero attached hydrogens (tertiary/aromatic N) is 2. The monoisotopic (exact) mass is 313 g/mol. The number of benzene rings is 1. The molecule has 1 aromatic carbocycles. The number of nitro groups is 1. The molecule has 0 saturated heterocycles. The Bertz CT molecular complexity index is 779. The highest BCUT2D eigenvalue weighted by Crippen LogP contribution is 2.38. The predicted octanol–water partition coefficient (Wildman–Crippen LogP) is 2.10. The largest absolute Gasteiger partial charge is 0.298 e. The maximum absolute atomic E-state index is 12.0. The molecule has 118 valence electrons. The number of H-pyrrole nitrogens is 1. The minimum atomic E-state index is -0.488. The van der Waals surface area contributed by atoms with Crippen LogP contribution in [0.2, 0.25) is 0 Å². The van der Waals surface area contributed by atoms with Gasteiger partial charge in [-0.3, -0.25) is 30.9 Å². The molecule has 23 heavy (non-hydrogen) atoms. The molecule has 0 bridgehead atoms. The number of aromatic nitrogens is 2. The van der Waals surface area contributed by atoms with E-state index in [1.165, 1.54) is 12.1 Å². The molecular weight excluding hydrogens is 298 g/mol.